The highest BCUT2D eigenvalue weighted by atomic mass is 32.2. The summed E-state index contributed by atoms with van der Waals surface area (Å²) >= 11 is 0. The van der Waals surface area contributed by atoms with Crippen LogP contribution in [0.2, 0.25) is 0 Å². The molecule has 0 spiro atoms. The maximum Gasteiger partial charge on any atom is 0.372 e. The van der Waals surface area contributed by atoms with Crippen molar-refractivity contribution in [3.63, 3.8) is 0 Å². The zero-order valence-corrected chi connectivity index (χ0v) is 15.3. The van der Waals surface area contributed by atoms with E-state index in [-0.39, 0.29) is 10.7 Å². The molecule has 0 aliphatic carbocycles. The third-order valence-corrected chi connectivity index (χ3v) is 5.41. The largest absolute Gasteiger partial charge is 0.475 e. The summed E-state index contributed by atoms with van der Waals surface area (Å²) in [4.78, 5) is 13.1. The fraction of sp³-hybridized carbons (Fsp3) is 0.167. The second kappa shape index (κ2) is 6.38. The summed E-state index contributed by atoms with van der Waals surface area (Å²) in [7, 11) is -0.104. The van der Waals surface area contributed by atoms with Crippen LogP contribution in [0.25, 0.3) is 11.0 Å². The summed E-state index contributed by atoms with van der Waals surface area (Å²) in [5.41, 5.74) is 2.01. The minimum atomic E-state index is -3.83. The van der Waals surface area contributed by atoms with Crippen LogP contribution in [-0.4, -0.2) is 33.6 Å². The van der Waals surface area contributed by atoms with E-state index in [4.69, 9.17) is 9.52 Å². The molecule has 0 fully saturated rings. The first-order chi connectivity index (χ1) is 12.2. The van der Waals surface area contributed by atoms with E-state index in [9.17, 15) is 13.2 Å². The molecule has 8 heteroatoms. The van der Waals surface area contributed by atoms with Gasteiger partial charge in [0.25, 0.3) is 10.0 Å². The first-order valence-electron chi connectivity index (χ1n) is 7.75. The lowest BCUT2D eigenvalue weighted by Gasteiger charge is -2.14. The zero-order valence-electron chi connectivity index (χ0n) is 14.5. The third-order valence-electron chi connectivity index (χ3n) is 4.03. The molecule has 2 aromatic carbocycles. The number of hydrogen-bond donors (Lipinski definition) is 2. The van der Waals surface area contributed by atoms with Crippen molar-refractivity contribution in [3.05, 3.63) is 53.8 Å². The maximum atomic E-state index is 12.7. The van der Waals surface area contributed by atoms with Crippen molar-refractivity contribution in [1.29, 1.82) is 0 Å². The molecule has 0 atom stereocenters. The number of nitrogens with zero attached hydrogens (tertiary/aromatic N) is 1. The van der Waals surface area contributed by atoms with E-state index in [0.717, 1.165) is 5.69 Å². The average Bonchev–Trinajstić information content (AvgIpc) is 2.91. The van der Waals surface area contributed by atoms with Gasteiger partial charge in [0.2, 0.25) is 5.76 Å². The number of aryl methyl sites for hydroxylation is 1. The van der Waals surface area contributed by atoms with Gasteiger partial charge in [0.05, 0.1) is 10.6 Å². The second-order valence-electron chi connectivity index (χ2n) is 6.07. The highest BCUT2D eigenvalue weighted by Crippen LogP contribution is 2.29. The van der Waals surface area contributed by atoms with Gasteiger partial charge >= 0.3 is 5.97 Å². The lowest BCUT2D eigenvalue weighted by atomic mass is 10.1. The Balaban J connectivity index is 2.00. The molecular formula is C18H18N2O5S. The van der Waals surface area contributed by atoms with Gasteiger partial charge in [-0.25, -0.2) is 13.2 Å². The van der Waals surface area contributed by atoms with Crippen molar-refractivity contribution in [3.8, 4) is 0 Å². The van der Waals surface area contributed by atoms with Crippen molar-refractivity contribution >= 4 is 38.3 Å². The number of anilines is 2. The Bertz CT molecular complexity index is 1100. The molecule has 136 valence electrons. The monoisotopic (exact) mass is 374 g/mol. The van der Waals surface area contributed by atoms with Crippen molar-refractivity contribution in [2.24, 2.45) is 0 Å². The Morgan fingerprint density at radius 3 is 2.54 bits per heavy atom. The molecule has 0 saturated heterocycles. The van der Waals surface area contributed by atoms with Crippen LogP contribution in [-0.2, 0) is 10.0 Å². The minimum Gasteiger partial charge on any atom is -0.475 e. The number of benzene rings is 2. The number of carboxylic acid groups (broad SMARTS) is 1. The lowest BCUT2D eigenvalue weighted by Crippen LogP contribution is -2.14. The number of fused-ring (bicyclic) bond motifs is 1. The molecule has 0 saturated carbocycles. The molecule has 0 radical (unpaired) electrons. The van der Waals surface area contributed by atoms with Gasteiger partial charge in [-0.1, -0.05) is 6.07 Å². The van der Waals surface area contributed by atoms with Gasteiger partial charge in [0.1, 0.15) is 5.58 Å². The molecule has 0 bridgehead atoms. The van der Waals surface area contributed by atoms with Crippen molar-refractivity contribution in [1.82, 2.24) is 0 Å². The first-order valence-corrected chi connectivity index (χ1v) is 9.24. The van der Waals surface area contributed by atoms with Crippen LogP contribution < -0.4 is 9.62 Å². The maximum absolute atomic E-state index is 12.7. The van der Waals surface area contributed by atoms with Crippen LogP contribution in [0.1, 0.15) is 16.1 Å². The van der Waals surface area contributed by atoms with Gasteiger partial charge < -0.3 is 14.4 Å². The summed E-state index contributed by atoms with van der Waals surface area (Å²) < 4.78 is 33.2. The number of furan rings is 1. The standard InChI is InChI=1S/C18H18N2O5S/c1-11-15-10-14(7-8-16(15)25-17(11)18(21)22)26(23,24)19-12-5-4-6-13(9-12)20(2)3/h4-10,19H,1-3H3,(H,21,22). The van der Waals surface area contributed by atoms with E-state index in [0.29, 0.717) is 22.2 Å². The van der Waals surface area contributed by atoms with E-state index >= 15 is 0 Å². The van der Waals surface area contributed by atoms with Gasteiger partial charge in [-0.3, -0.25) is 4.72 Å². The van der Waals surface area contributed by atoms with Crippen molar-refractivity contribution < 1.29 is 22.7 Å². The van der Waals surface area contributed by atoms with E-state index in [2.05, 4.69) is 4.72 Å². The SMILES string of the molecule is Cc1c(C(=O)O)oc2ccc(S(=O)(=O)Nc3cccc(N(C)C)c3)cc12. The number of aromatic carboxylic acids is 1. The molecule has 2 N–H and O–H groups in total. The second-order valence-corrected chi connectivity index (χ2v) is 7.75. The molecule has 7 nitrogen and oxygen atoms in total. The molecule has 1 aromatic heterocycles. The number of sulfonamides is 1. The summed E-state index contributed by atoms with van der Waals surface area (Å²) in [5, 5.41) is 9.58. The van der Waals surface area contributed by atoms with Gasteiger partial charge in [0.15, 0.2) is 0 Å². The van der Waals surface area contributed by atoms with Crippen molar-refractivity contribution in [2.75, 3.05) is 23.7 Å². The van der Waals surface area contributed by atoms with Gasteiger partial charge in [-0.15, -0.1) is 0 Å². The van der Waals surface area contributed by atoms with Crippen LogP contribution in [0.15, 0.2) is 51.8 Å². The molecule has 3 aromatic rings. The molecule has 0 amide bonds. The number of carboxylic acids is 1. The van der Waals surface area contributed by atoms with E-state index < -0.39 is 16.0 Å². The highest BCUT2D eigenvalue weighted by Gasteiger charge is 2.20. The van der Waals surface area contributed by atoms with Crippen LogP contribution in [0.5, 0.6) is 0 Å². The molecule has 1 heterocycles. The Hall–Kier alpha value is -3.00. The molecular weight excluding hydrogens is 356 g/mol. The summed E-state index contributed by atoms with van der Waals surface area (Å²) in [6.07, 6.45) is 0. The topological polar surface area (TPSA) is 99.8 Å². The minimum absolute atomic E-state index is 0.0288. The highest BCUT2D eigenvalue weighted by molar-refractivity contribution is 7.92. The van der Waals surface area contributed by atoms with Crippen LogP contribution in [0.3, 0.4) is 0 Å². The Morgan fingerprint density at radius 1 is 1.15 bits per heavy atom. The summed E-state index contributed by atoms with van der Waals surface area (Å²) in [5.74, 6) is -1.39. The predicted octanol–water partition coefficient (Wildman–Crippen LogP) is 3.31. The Morgan fingerprint density at radius 2 is 1.88 bits per heavy atom. The van der Waals surface area contributed by atoms with Gasteiger partial charge in [-0.2, -0.15) is 0 Å². The fourth-order valence-electron chi connectivity index (χ4n) is 2.63. The van der Waals surface area contributed by atoms with Crippen LogP contribution in [0, 0.1) is 6.92 Å². The molecule has 3 rings (SSSR count). The zero-order chi connectivity index (χ0) is 19.1. The molecule has 0 unspecified atom stereocenters. The third kappa shape index (κ3) is 3.23. The number of rotatable bonds is 5. The normalized spacial score (nSPS) is 11.5. The van der Waals surface area contributed by atoms with Crippen LogP contribution in [0.4, 0.5) is 11.4 Å². The van der Waals surface area contributed by atoms with E-state index in [1.54, 1.807) is 25.1 Å². The molecule has 0 aliphatic heterocycles. The van der Waals surface area contributed by atoms with Gasteiger partial charge in [0, 0.05) is 30.7 Å². The fourth-order valence-corrected chi connectivity index (χ4v) is 3.71. The van der Waals surface area contributed by atoms with Crippen LogP contribution >= 0.6 is 0 Å². The van der Waals surface area contributed by atoms with Crippen molar-refractivity contribution in [2.45, 2.75) is 11.8 Å². The van der Waals surface area contributed by atoms with E-state index in [1.807, 2.05) is 25.1 Å². The summed E-state index contributed by atoms with van der Waals surface area (Å²) in [6, 6.07) is 11.3. The molecule has 0 aliphatic rings. The number of carbonyl (C=O) groups is 1. The smallest absolute Gasteiger partial charge is 0.372 e. The first kappa shape index (κ1) is 17.8. The predicted molar refractivity (Wildman–Crippen MR) is 99.5 cm³/mol. The average molecular weight is 374 g/mol. The number of nitrogens with one attached hydrogen (secondary N) is 1. The summed E-state index contributed by atoms with van der Waals surface area (Å²) in [6.45, 7) is 1.58. The quantitative estimate of drug-likeness (QED) is 0.711. The van der Waals surface area contributed by atoms with Gasteiger partial charge in [-0.05, 0) is 43.3 Å². The Kier molecular flexibility index (Phi) is 4.37. The molecule has 26 heavy (non-hydrogen) atoms. The Labute approximate surface area is 150 Å². The number of hydrogen-bond acceptors (Lipinski definition) is 5. The van der Waals surface area contributed by atoms with E-state index in [1.165, 1.54) is 18.2 Å². The lowest BCUT2D eigenvalue weighted by molar-refractivity contribution is 0.0664.